The highest BCUT2D eigenvalue weighted by atomic mass is 16.5. The van der Waals surface area contributed by atoms with Gasteiger partial charge in [0.25, 0.3) is 0 Å². The summed E-state index contributed by atoms with van der Waals surface area (Å²) in [5.74, 6) is 0. The number of ether oxygens (including phenoxy) is 1. The molecular weight excluding hydrogens is 102 g/mol. The smallest absolute Gasteiger partial charge is 0.0591 e. The van der Waals surface area contributed by atoms with E-state index in [2.05, 4.69) is 11.9 Å². The quantitative estimate of drug-likeness (QED) is 0.496. The van der Waals surface area contributed by atoms with Crippen molar-refractivity contribution in [2.24, 2.45) is 0 Å². The highest BCUT2D eigenvalue weighted by Crippen LogP contribution is 1.94. The Morgan fingerprint density at radius 3 is 3.38 bits per heavy atom. The van der Waals surface area contributed by atoms with Gasteiger partial charge in [0.15, 0.2) is 0 Å². The Labute approximate surface area is 50.2 Å². The van der Waals surface area contributed by atoms with Crippen LogP contribution in [0.4, 0.5) is 0 Å². The fourth-order valence-electron chi connectivity index (χ4n) is 0.725. The maximum atomic E-state index is 5.19. The van der Waals surface area contributed by atoms with Crippen LogP contribution in [0.25, 0.3) is 0 Å². The average Bonchev–Trinajstić information content (AvgIpc) is 1.62. The normalized spacial score (nSPS) is 24.0. The van der Waals surface area contributed by atoms with Gasteiger partial charge in [0, 0.05) is 19.7 Å². The van der Waals surface area contributed by atoms with Crippen LogP contribution in [0.2, 0.25) is 0 Å². The second-order valence-electron chi connectivity index (χ2n) is 1.91. The van der Waals surface area contributed by atoms with Crippen molar-refractivity contribution >= 4 is 0 Å². The van der Waals surface area contributed by atoms with Crippen LogP contribution in [0, 0.1) is 6.54 Å². The van der Waals surface area contributed by atoms with Gasteiger partial charge in [-0.3, -0.25) is 0 Å². The SMILES string of the molecule is [CH]1CCCOCCN1. The number of rotatable bonds is 0. The fraction of sp³-hybridized carbons (Fsp3) is 0.833. The molecule has 0 aromatic rings. The molecule has 1 fully saturated rings. The predicted molar refractivity (Wildman–Crippen MR) is 32.4 cm³/mol. The molecule has 0 spiro atoms. The van der Waals surface area contributed by atoms with Crippen molar-refractivity contribution in [1.82, 2.24) is 5.32 Å². The molecule has 0 atom stereocenters. The molecular formula is C6H12NO. The topological polar surface area (TPSA) is 21.3 Å². The van der Waals surface area contributed by atoms with Gasteiger partial charge in [-0.15, -0.1) is 0 Å². The summed E-state index contributed by atoms with van der Waals surface area (Å²) in [6, 6.07) is 0. The number of hydrogen-bond acceptors (Lipinski definition) is 2. The Morgan fingerprint density at radius 2 is 2.38 bits per heavy atom. The van der Waals surface area contributed by atoms with Crippen molar-refractivity contribution in [1.29, 1.82) is 0 Å². The molecule has 8 heavy (non-hydrogen) atoms. The van der Waals surface area contributed by atoms with Crippen molar-refractivity contribution in [2.75, 3.05) is 19.8 Å². The standard InChI is InChI=1S/C6H12NO/c1-2-5-8-6-4-7-3-1/h3,7H,1-2,4-6H2. The van der Waals surface area contributed by atoms with E-state index >= 15 is 0 Å². The average molecular weight is 114 g/mol. The van der Waals surface area contributed by atoms with Crippen molar-refractivity contribution in [2.45, 2.75) is 12.8 Å². The molecule has 0 amide bonds. The lowest BCUT2D eigenvalue weighted by molar-refractivity contribution is 0.127. The Bertz CT molecular complexity index is 32.5. The Kier molecular flexibility index (Phi) is 2.92. The molecule has 2 nitrogen and oxygen atoms in total. The van der Waals surface area contributed by atoms with Crippen LogP contribution in [0.15, 0.2) is 0 Å². The minimum Gasteiger partial charge on any atom is -0.380 e. The summed E-state index contributed by atoms with van der Waals surface area (Å²) >= 11 is 0. The van der Waals surface area contributed by atoms with Gasteiger partial charge in [-0.2, -0.15) is 0 Å². The monoisotopic (exact) mass is 114 g/mol. The first-order valence-electron chi connectivity index (χ1n) is 3.13. The van der Waals surface area contributed by atoms with Gasteiger partial charge in [-0.25, -0.2) is 0 Å². The molecule has 1 heterocycles. The molecule has 1 radical (unpaired) electrons. The highest BCUT2D eigenvalue weighted by Gasteiger charge is 1.94. The zero-order valence-electron chi connectivity index (χ0n) is 5.02. The molecule has 0 aromatic carbocycles. The van der Waals surface area contributed by atoms with Crippen LogP contribution in [0.5, 0.6) is 0 Å². The first-order chi connectivity index (χ1) is 4.00. The van der Waals surface area contributed by atoms with E-state index < -0.39 is 0 Å². The van der Waals surface area contributed by atoms with Gasteiger partial charge in [0.2, 0.25) is 0 Å². The van der Waals surface area contributed by atoms with Crippen molar-refractivity contribution < 1.29 is 4.74 Å². The van der Waals surface area contributed by atoms with E-state index in [0.717, 1.165) is 32.6 Å². The number of nitrogens with one attached hydrogen (secondary N) is 1. The van der Waals surface area contributed by atoms with Crippen LogP contribution in [0.1, 0.15) is 12.8 Å². The van der Waals surface area contributed by atoms with E-state index in [9.17, 15) is 0 Å². The Balaban J connectivity index is 2.00. The zero-order valence-corrected chi connectivity index (χ0v) is 5.02. The summed E-state index contributed by atoms with van der Waals surface area (Å²) in [7, 11) is 0. The molecule has 0 saturated carbocycles. The molecule has 0 unspecified atom stereocenters. The number of hydrogen-bond donors (Lipinski definition) is 1. The molecule has 1 aliphatic heterocycles. The second-order valence-corrected chi connectivity index (χ2v) is 1.91. The fourth-order valence-corrected chi connectivity index (χ4v) is 0.725. The summed E-state index contributed by atoms with van der Waals surface area (Å²) in [5, 5.41) is 3.14. The Morgan fingerprint density at radius 1 is 1.38 bits per heavy atom. The molecule has 1 saturated heterocycles. The van der Waals surface area contributed by atoms with Crippen LogP contribution >= 0.6 is 0 Å². The van der Waals surface area contributed by atoms with Gasteiger partial charge in [0.05, 0.1) is 6.61 Å². The van der Waals surface area contributed by atoms with E-state index in [4.69, 9.17) is 4.74 Å². The van der Waals surface area contributed by atoms with E-state index in [-0.39, 0.29) is 0 Å². The summed E-state index contributed by atoms with van der Waals surface area (Å²) in [6.45, 7) is 4.87. The van der Waals surface area contributed by atoms with E-state index in [1.807, 2.05) is 0 Å². The lowest BCUT2D eigenvalue weighted by atomic mass is 10.3. The third-order valence-electron chi connectivity index (χ3n) is 1.17. The molecule has 0 aliphatic carbocycles. The summed E-state index contributed by atoms with van der Waals surface area (Å²) < 4.78 is 5.19. The molecule has 0 bridgehead atoms. The molecule has 1 aliphatic rings. The molecule has 1 rings (SSSR count). The van der Waals surface area contributed by atoms with Gasteiger partial charge in [-0.1, -0.05) is 0 Å². The largest absolute Gasteiger partial charge is 0.380 e. The molecule has 0 aromatic heterocycles. The lowest BCUT2D eigenvalue weighted by Gasteiger charge is -2.09. The predicted octanol–water partition coefficient (Wildman–Crippen LogP) is 0.548. The van der Waals surface area contributed by atoms with Crippen LogP contribution in [-0.4, -0.2) is 19.8 Å². The van der Waals surface area contributed by atoms with Crippen LogP contribution < -0.4 is 5.32 Å². The van der Waals surface area contributed by atoms with E-state index in [0.29, 0.717) is 0 Å². The molecule has 1 N–H and O–H groups in total. The summed E-state index contributed by atoms with van der Waals surface area (Å²) in [6.07, 6.45) is 2.30. The van der Waals surface area contributed by atoms with E-state index in [1.54, 1.807) is 0 Å². The van der Waals surface area contributed by atoms with Crippen molar-refractivity contribution in [3.63, 3.8) is 0 Å². The van der Waals surface area contributed by atoms with Gasteiger partial charge >= 0.3 is 0 Å². The van der Waals surface area contributed by atoms with Crippen LogP contribution in [0.3, 0.4) is 0 Å². The van der Waals surface area contributed by atoms with Crippen molar-refractivity contribution in [3.05, 3.63) is 6.54 Å². The zero-order chi connectivity index (χ0) is 5.66. The minimum atomic E-state index is 0.858. The van der Waals surface area contributed by atoms with Crippen LogP contribution in [-0.2, 0) is 4.74 Å². The van der Waals surface area contributed by atoms with Gasteiger partial charge in [-0.05, 0) is 12.8 Å². The first kappa shape index (κ1) is 6.05. The van der Waals surface area contributed by atoms with E-state index in [1.165, 1.54) is 0 Å². The molecule has 2 heteroatoms. The maximum Gasteiger partial charge on any atom is 0.0591 e. The van der Waals surface area contributed by atoms with Crippen molar-refractivity contribution in [3.8, 4) is 0 Å². The summed E-state index contributed by atoms with van der Waals surface area (Å²) in [4.78, 5) is 0. The molecule has 47 valence electrons. The summed E-state index contributed by atoms with van der Waals surface area (Å²) in [5.41, 5.74) is 0. The minimum absolute atomic E-state index is 0.858. The third-order valence-corrected chi connectivity index (χ3v) is 1.17. The second kappa shape index (κ2) is 3.87. The third kappa shape index (κ3) is 2.28. The first-order valence-corrected chi connectivity index (χ1v) is 3.13. The highest BCUT2D eigenvalue weighted by molar-refractivity contribution is 4.62. The Hall–Kier alpha value is -0.0800. The van der Waals surface area contributed by atoms with Gasteiger partial charge < -0.3 is 10.1 Å². The maximum absolute atomic E-state index is 5.19. The van der Waals surface area contributed by atoms with Gasteiger partial charge in [0.1, 0.15) is 0 Å². The lowest BCUT2D eigenvalue weighted by Crippen LogP contribution is -2.20.